The number of carbonyl (C=O) groups excluding carboxylic acids is 1. The van der Waals surface area contributed by atoms with Gasteiger partial charge in [-0.15, -0.1) is 0 Å². The Bertz CT molecular complexity index is 456. The van der Waals surface area contributed by atoms with Crippen LogP contribution in [0.2, 0.25) is 0 Å². The van der Waals surface area contributed by atoms with Crippen molar-refractivity contribution in [3.8, 4) is 0 Å². The van der Waals surface area contributed by atoms with E-state index in [1.807, 2.05) is 6.92 Å². The maximum Gasteiger partial charge on any atom is 0.238 e. The summed E-state index contributed by atoms with van der Waals surface area (Å²) in [5, 5.41) is 2.61. The first-order valence-corrected chi connectivity index (χ1v) is 7.08. The van der Waals surface area contributed by atoms with Crippen LogP contribution in [-0.4, -0.2) is 36.5 Å². The average molecular weight is 279 g/mol. The highest BCUT2D eigenvalue weighted by atomic mass is 19.1. The zero-order valence-electron chi connectivity index (χ0n) is 11.8. The number of hydrogen-bond donors (Lipinski definition) is 2. The van der Waals surface area contributed by atoms with Gasteiger partial charge in [0.1, 0.15) is 5.82 Å². The summed E-state index contributed by atoms with van der Waals surface area (Å²) in [5.41, 5.74) is 6.13. The largest absolute Gasteiger partial charge is 0.328 e. The molecule has 1 aromatic rings. The fraction of sp³-hybridized carbons (Fsp3) is 0.533. The van der Waals surface area contributed by atoms with Crippen molar-refractivity contribution < 1.29 is 9.18 Å². The molecule has 110 valence electrons. The van der Waals surface area contributed by atoms with Crippen LogP contribution in [0.4, 0.5) is 10.1 Å². The van der Waals surface area contributed by atoms with Gasteiger partial charge in [-0.3, -0.25) is 9.69 Å². The Morgan fingerprint density at radius 1 is 1.45 bits per heavy atom. The fourth-order valence-electron chi connectivity index (χ4n) is 2.59. The van der Waals surface area contributed by atoms with E-state index in [0.29, 0.717) is 12.5 Å². The van der Waals surface area contributed by atoms with Crippen molar-refractivity contribution >= 4 is 11.6 Å². The van der Waals surface area contributed by atoms with Crippen molar-refractivity contribution in [2.75, 3.05) is 25.0 Å². The molecule has 1 amide bonds. The number of halogens is 1. The van der Waals surface area contributed by atoms with Gasteiger partial charge in [0.2, 0.25) is 5.91 Å². The first-order valence-electron chi connectivity index (χ1n) is 7.08. The smallest absolute Gasteiger partial charge is 0.238 e. The van der Waals surface area contributed by atoms with E-state index in [2.05, 4.69) is 10.2 Å². The van der Waals surface area contributed by atoms with Gasteiger partial charge >= 0.3 is 0 Å². The molecule has 1 heterocycles. The Labute approximate surface area is 119 Å². The topological polar surface area (TPSA) is 58.4 Å². The molecule has 0 aliphatic carbocycles. The standard InChI is InChI=1S/C15H22FN3O/c1-11(17)12-6-8-19(9-7-12)10-15(20)18-14-5-3-2-4-13(14)16/h2-5,11-12H,6-10,17H2,1H3,(H,18,20). The van der Waals surface area contributed by atoms with Gasteiger partial charge in [-0.1, -0.05) is 12.1 Å². The lowest BCUT2D eigenvalue weighted by Crippen LogP contribution is -2.42. The van der Waals surface area contributed by atoms with Gasteiger partial charge < -0.3 is 11.1 Å². The number of hydrogen-bond acceptors (Lipinski definition) is 3. The minimum Gasteiger partial charge on any atom is -0.328 e. The summed E-state index contributed by atoms with van der Waals surface area (Å²) in [5.74, 6) is -0.0354. The Morgan fingerprint density at radius 3 is 2.70 bits per heavy atom. The SMILES string of the molecule is CC(N)C1CCN(CC(=O)Nc2ccccc2F)CC1. The van der Waals surface area contributed by atoms with Gasteiger partial charge in [0.25, 0.3) is 0 Å². The van der Waals surface area contributed by atoms with Crippen LogP contribution in [0.3, 0.4) is 0 Å². The Balaban J connectivity index is 1.80. The maximum absolute atomic E-state index is 13.4. The van der Waals surface area contributed by atoms with Crippen molar-refractivity contribution in [1.82, 2.24) is 4.90 Å². The van der Waals surface area contributed by atoms with Gasteiger partial charge in [0.05, 0.1) is 12.2 Å². The predicted octanol–water partition coefficient (Wildman–Crippen LogP) is 1.82. The molecule has 1 aliphatic heterocycles. The quantitative estimate of drug-likeness (QED) is 0.884. The molecule has 5 heteroatoms. The minimum atomic E-state index is -0.406. The van der Waals surface area contributed by atoms with E-state index < -0.39 is 5.82 Å². The minimum absolute atomic E-state index is 0.172. The molecule has 3 N–H and O–H groups in total. The van der Waals surface area contributed by atoms with E-state index in [9.17, 15) is 9.18 Å². The zero-order chi connectivity index (χ0) is 14.5. The first-order chi connectivity index (χ1) is 9.56. The molecule has 1 saturated heterocycles. The monoisotopic (exact) mass is 279 g/mol. The summed E-state index contributed by atoms with van der Waals surface area (Å²) in [4.78, 5) is 14.0. The molecule has 4 nitrogen and oxygen atoms in total. The maximum atomic E-state index is 13.4. The predicted molar refractivity (Wildman–Crippen MR) is 77.8 cm³/mol. The number of piperidine rings is 1. The van der Waals surface area contributed by atoms with Crippen molar-refractivity contribution in [3.63, 3.8) is 0 Å². The molecule has 1 fully saturated rings. The molecule has 0 saturated carbocycles. The number of nitrogens with zero attached hydrogens (tertiary/aromatic N) is 1. The lowest BCUT2D eigenvalue weighted by molar-refractivity contribution is -0.117. The summed E-state index contributed by atoms with van der Waals surface area (Å²) in [6.45, 7) is 4.08. The highest BCUT2D eigenvalue weighted by Gasteiger charge is 2.23. The summed E-state index contributed by atoms with van der Waals surface area (Å²) >= 11 is 0. The molecule has 0 radical (unpaired) electrons. The van der Waals surface area contributed by atoms with Gasteiger partial charge in [-0.05, 0) is 50.9 Å². The number of nitrogens with two attached hydrogens (primary N) is 1. The highest BCUT2D eigenvalue weighted by molar-refractivity contribution is 5.92. The van der Waals surface area contributed by atoms with Gasteiger partial charge in [-0.25, -0.2) is 4.39 Å². The summed E-state index contributed by atoms with van der Waals surface area (Å²) in [7, 11) is 0. The third-order valence-corrected chi connectivity index (χ3v) is 3.89. The second-order valence-corrected chi connectivity index (χ2v) is 5.50. The van der Waals surface area contributed by atoms with Gasteiger partial charge in [0, 0.05) is 6.04 Å². The Hall–Kier alpha value is -1.46. The Kier molecular flexibility index (Phi) is 5.09. The van der Waals surface area contributed by atoms with Crippen LogP contribution in [0.15, 0.2) is 24.3 Å². The van der Waals surface area contributed by atoms with Gasteiger partial charge in [0.15, 0.2) is 0 Å². The van der Waals surface area contributed by atoms with E-state index >= 15 is 0 Å². The number of anilines is 1. The molecule has 1 atom stereocenters. The molecule has 20 heavy (non-hydrogen) atoms. The summed E-state index contributed by atoms with van der Waals surface area (Å²) < 4.78 is 13.4. The number of nitrogens with one attached hydrogen (secondary N) is 1. The molecule has 2 rings (SSSR count). The molecule has 0 aromatic heterocycles. The number of para-hydroxylation sites is 1. The van der Waals surface area contributed by atoms with E-state index in [1.165, 1.54) is 6.07 Å². The van der Waals surface area contributed by atoms with Crippen LogP contribution < -0.4 is 11.1 Å². The number of rotatable bonds is 4. The summed E-state index contributed by atoms with van der Waals surface area (Å²) in [6.07, 6.45) is 2.04. The summed E-state index contributed by atoms with van der Waals surface area (Å²) in [6, 6.07) is 6.42. The number of amides is 1. The van der Waals surface area contributed by atoms with E-state index in [1.54, 1.807) is 18.2 Å². The van der Waals surface area contributed by atoms with Crippen LogP contribution >= 0.6 is 0 Å². The highest BCUT2D eigenvalue weighted by Crippen LogP contribution is 2.19. The molecule has 0 bridgehead atoms. The number of benzene rings is 1. The molecular weight excluding hydrogens is 257 g/mol. The van der Waals surface area contributed by atoms with Crippen molar-refractivity contribution in [1.29, 1.82) is 0 Å². The average Bonchev–Trinajstić information content (AvgIpc) is 2.42. The lowest BCUT2D eigenvalue weighted by Gasteiger charge is -2.33. The van der Waals surface area contributed by atoms with Crippen molar-refractivity contribution in [2.24, 2.45) is 11.7 Å². The Morgan fingerprint density at radius 2 is 2.10 bits per heavy atom. The van der Waals surface area contributed by atoms with Crippen LogP contribution in [0.1, 0.15) is 19.8 Å². The zero-order valence-corrected chi connectivity index (χ0v) is 11.8. The van der Waals surface area contributed by atoms with E-state index in [4.69, 9.17) is 5.73 Å². The van der Waals surface area contributed by atoms with E-state index in [-0.39, 0.29) is 17.6 Å². The van der Waals surface area contributed by atoms with Crippen LogP contribution in [0.25, 0.3) is 0 Å². The third-order valence-electron chi connectivity index (χ3n) is 3.89. The molecule has 1 aromatic carbocycles. The van der Waals surface area contributed by atoms with Crippen LogP contribution in [0.5, 0.6) is 0 Å². The van der Waals surface area contributed by atoms with E-state index in [0.717, 1.165) is 25.9 Å². The van der Waals surface area contributed by atoms with Crippen LogP contribution in [0, 0.1) is 11.7 Å². The molecule has 1 aliphatic rings. The van der Waals surface area contributed by atoms with Crippen LogP contribution in [-0.2, 0) is 4.79 Å². The molecular formula is C15H22FN3O. The van der Waals surface area contributed by atoms with Gasteiger partial charge in [-0.2, -0.15) is 0 Å². The first kappa shape index (κ1) is 14.9. The number of carbonyl (C=O) groups is 1. The van der Waals surface area contributed by atoms with Crippen molar-refractivity contribution in [3.05, 3.63) is 30.1 Å². The molecule has 1 unspecified atom stereocenters. The fourth-order valence-corrected chi connectivity index (χ4v) is 2.59. The lowest BCUT2D eigenvalue weighted by atomic mass is 9.91. The van der Waals surface area contributed by atoms with Crippen molar-refractivity contribution in [2.45, 2.75) is 25.8 Å². The third kappa shape index (κ3) is 4.02. The second kappa shape index (κ2) is 6.81. The molecule has 0 spiro atoms. The second-order valence-electron chi connectivity index (χ2n) is 5.50. The number of likely N-dealkylation sites (tertiary alicyclic amines) is 1. The normalized spacial score (nSPS) is 18.8.